The summed E-state index contributed by atoms with van der Waals surface area (Å²) in [6, 6.07) is -1.36. The number of amides is 1. The first-order chi connectivity index (χ1) is 15.0. The first-order valence-corrected chi connectivity index (χ1v) is 11.8. The summed E-state index contributed by atoms with van der Waals surface area (Å²) in [5, 5.41) is 9.14. The number of hydrogen-bond acceptors (Lipinski definition) is 3. The first kappa shape index (κ1) is 24.1. The molecule has 4 aliphatic rings. The van der Waals surface area contributed by atoms with E-state index in [1.807, 2.05) is 0 Å². The Balaban J connectivity index is 1.48. The Bertz CT molecular complexity index is 691. The standard InChI is InChI=1S/C22H33F6N3O/c1-9(2)30-21(32)17-10-3-5-16(31-15(10)6-4-13(17)22(26,27)28)12-8-29-20-11(12)7-14(23)18(24)19(20)25/h9-20,29,31H,3-8H2,1-2H3,(H,30,32). The summed E-state index contributed by atoms with van der Waals surface area (Å²) in [4.78, 5) is 12.8. The van der Waals surface area contributed by atoms with E-state index in [0.29, 0.717) is 25.8 Å². The lowest BCUT2D eigenvalue weighted by molar-refractivity contribution is -0.208. The Labute approximate surface area is 184 Å². The van der Waals surface area contributed by atoms with Gasteiger partial charge < -0.3 is 16.0 Å². The van der Waals surface area contributed by atoms with E-state index in [9.17, 15) is 31.1 Å². The highest BCUT2D eigenvalue weighted by molar-refractivity contribution is 5.80. The molecule has 32 heavy (non-hydrogen) atoms. The minimum atomic E-state index is -4.44. The van der Waals surface area contributed by atoms with E-state index in [-0.39, 0.29) is 42.8 Å². The van der Waals surface area contributed by atoms with Crippen LogP contribution in [0.15, 0.2) is 0 Å². The van der Waals surface area contributed by atoms with Crippen LogP contribution >= 0.6 is 0 Å². The number of carbonyl (C=O) groups excluding carboxylic acids is 1. The molecule has 11 unspecified atom stereocenters. The Morgan fingerprint density at radius 3 is 2.25 bits per heavy atom. The van der Waals surface area contributed by atoms with Crippen molar-refractivity contribution in [3.8, 4) is 0 Å². The van der Waals surface area contributed by atoms with Gasteiger partial charge >= 0.3 is 6.18 Å². The Hall–Kier alpha value is -1.03. The van der Waals surface area contributed by atoms with Gasteiger partial charge in [-0.2, -0.15) is 13.2 Å². The third-order valence-electron chi connectivity index (χ3n) is 8.20. The van der Waals surface area contributed by atoms with Crippen molar-refractivity contribution in [2.45, 2.75) is 94.8 Å². The fourth-order valence-corrected chi connectivity index (χ4v) is 6.82. The Morgan fingerprint density at radius 2 is 1.59 bits per heavy atom. The Kier molecular flexibility index (Phi) is 6.75. The molecule has 0 aromatic rings. The van der Waals surface area contributed by atoms with Crippen LogP contribution in [0.25, 0.3) is 0 Å². The predicted octanol–water partition coefficient (Wildman–Crippen LogP) is 3.46. The van der Waals surface area contributed by atoms with Gasteiger partial charge in [0.1, 0.15) is 12.3 Å². The molecular weight excluding hydrogens is 436 g/mol. The van der Waals surface area contributed by atoms with Gasteiger partial charge in [-0.1, -0.05) is 0 Å². The van der Waals surface area contributed by atoms with Gasteiger partial charge in [0.25, 0.3) is 0 Å². The summed E-state index contributed by atoms with van der Waals surface area (Å²) in [7, 11) is 0. The molecule has 10 heteroatoms. The van der Waals surface area contributed by atoms with Gasteiger partial charge in [-0.05, 0) is 63.7 Å². The number of fused-ring (bicyclic) bond motifs is 2. The average molecular weight is 470 g/mol. The number of carbonyl (C=O) groups is 1. The van der Waals surface area contributed by atoms with Crippen LogP contribution in [-0.2, 0) is 4.79 Å². The average Bonchev–Trinajstić information content (AvgIpc) is 3.13. The number of piperidine rings is 1. The van der Waals surface area contributed by atoms with Crippen molar-refractivity contribution < 1.29 is 31.1 Å². The van der Waals surface area contributed by atoms with Crippen LogP contribution in [0.5, 0.6) is 0 Å². The minimum Gasteiger partial charge on any atom is -0.354 e. The van der Waals surface area contributed by atoms with E-state index in [4.69, 9.17) is 0 Å². The fraction of sp³-hybridized carbons (Fsp3) is 0.955. The van der Waals surface area contributed by atoms with Gasteiger partial charge in [0.2, 0.25) is 5.91 Å². The van der Waals surface area contributed by atoms with Crippen molar-refractivity contribution in [3.05, 3.63) is 0 Å². The highest BCUT2D eigenvalue weighted by Crippen LogP contribution is 2.49. The lowest BCUT2D eigenvalue weighted by Gasteiger charge is -2.49. The van der Waals surface area contributed by atoms with Gasteiger partial charge in [0, 0.05) is 30.7 Å². The molecule has 1 amide bonds. The molecule has 4 rings (SSSR count). The summed E-state index contributed by atoms with van der Waals surface area (Å²) in [5.41, 5.74) is 0. The molecule has 0 radical (unpaired) electrons. The van der Waals surface area contributed by atoms with Gasteiger partial charge in [0.15, 0.2) is 6.17 Å². The topological polar surface area (TPSA) is 53.2 Å². The second-order valence-electron chi connectivity index (χ2n) is 10.4. The normalized spacial score (nSPS) is 47.1. The lowest BCUT2D eigenvalue weighted by Crippen LogP contribution is -2.61. The van der Waals surface area contributed by atoms with Crippen molar-refractivity contribution in [3.63, 3.8) is 0 Å². The predicted molar refractivity (Wildman–Crippen MR) is 107 cm³/mol. The van der Waals surface area contributed by atoms with E-state index in [1.165, 1.54) is 0 Å². The summed E-state index contributed by atoms with van der Waals surface area (Å²) < 4.78 is 83.5. The quantitative estimate of drug-likeness (QED) is 0.555. The lowest BCUT2D eigenvalue weighted by atomic mass is 9.63. The summed E-state index contributed by atoms with van der Waals surface area (Å²) >= 11 is 0. The zero-order valence-corrected chi connectivity index (χ0v) is 18.3. The van der Waals surface area contributed by atoms with Crippen molar-refractivity contribution in [2.24, 2.45) is 29.6 Å². The highest BCUT2D eigenvalue weighted by atomic mass is 19.4. The first-order valence-electron chi connectivity index (χ1n) is 11.8. The van der Waals surface area contributed by atoms with Gasteiger partial charge in [-0.15, -0.1) is 0 Å². The van der Waals surface area contributed by atoms with E-state index in [0.717, 1.165) is 0 Å². The van der Waals surface area contributed by atoms with Crippen LogP contribution in [0.2, 0.25) is 0 Å². The van der Waals surface area contributed by atoms with E-state index < -0.39 is 54.4 Å². The van der Waals surface area contributed by atoms with Crippen LogP contribution in [0, 0.1) is 29.6 Å². The largest absolute Gasteiger partial charge is 0.392 e. The molecule has 0 aromatic heterocycles. The van der Waals surface area contributed by atoms with Crippen LogP contribution < -0.4 is 16.0 Å². The molecule has 2 heterocycles. The third kappa shape index (κ3) is 4.38. The third-order valence-corrected chi connectivity index (χ3v) is 8.20. The maximum Gasteiger partial charge on any atom is 0.392 e. The SMILES string of the molecule is CC(C)NC(=O)C1C2CCC(C3CNC4C(F)C(F)C(F)CC34)NC2CCC1C(F)(F)F. The smallest absolute Gasteiger partial charge is 0.354 e. The van der Waals surface area contributed by atoms with Crippen molar-refractivity contribution in [1.82, 2.24) is 16.0 Å². The van der Waals surface area contributed by atoms with Gasteiger partial charge in [-0.3, -0.25) is 4.79 Å². The zero-order valence-electron chi connectivity index (χ0n) is 18.3. The van der Waals surface area contributed by atoms with E-state index >= 15 is 0 Å². The van der Waals surface area contributed by atoms with E-state index in [1.54, 1.807) is 13.8 Å². The maximum absolute atomic E-state index is 14.3. The molecule has 0 bridgehead atoms. The summed E-state index contributed by atoms with van der Waals surface area (Å²) in [6.45, 7) is 3.87. The van der Waals surface area contributed by atoms with Gasteiger partial charge in [-0.25, -0.2) is 13.2 Å². The molecule has 2 saturated carbocycles. The highest BCUT2D eigenvalue weighted by Gasteiger charge is 2.57. The molecule has 184 valence electrons. The number of alkyl halides is 6. The molecule has 4 nitrogen and oxygen atoms in total. The number of rotatable bonds is 3. The molecule has 2 aliphatic heterocycles. The van der Waals surface area contributed by atoms with Crippen LogP contribution in [-0.4, -0.2) is 61.3 Å². The van der Waals surface area contributed by atoms with Crippen LogP contribution in [0.3, 0.4) is 0 Å². The number of nitrogens with one attached hydrogen (secondary N) is 3. The fourth-order valence-electron chi connectivity index (χ4n) is 6.82. The van der Waals surface area contributed by atoms with Crippen LogP contribution in [0.4, 0.5) is 26.3 Å². The van der Waals surface area contributed by atoms with E-state index in [2.05, 4.69) is 16.0 Å². The second kappa shape index (κ2) is 8.96. The number of hydrogen-bond donors (Lipinski definition) is 3. The van der Waals surface area contributed by atoms with Gasteiger partial charge in [0.05, 0.1) is 11.8 Å². The molecule has 0 spiro atoms. The zero-order chi connectivity index (χ0) is 23.4. The molecule has 4 fully saturated rings. The Morgan fingerprint density at radius 1 is 0.938 bits per heavy atom. The monoisotopic (exact) mass is 469 g/mol. The molecule has 3 N–H and O–H groups in total. The van der Waals surface area contributed by atoms with Crippen LogP contribution in [0.1, 0.15) is 46.0 Å². The molecule has 11 atom stereocenters. The van der Waals surface area contributed by atoms with Crippen molar-refractivity contribution >= 4 is 5.91 Å². The van der Waals surface area contributed by atoms with Crippen molar-refractivity contribution in [1.29, 1.82) is 0 Å². The molecule has 2 aliphatic carbocycles. The number of halogens is 6. The summed E-state index contributed by atoms with van der Waals surface area (Å²) in [5.74, 6) is -4.29. The molecule has 0 aromatic carbocycles. The molecular formula is C22H33F6N3O. The maximum atomic E-state index is 14.3. The van der Waals surface area contributed by atoms with Crippen molar-refractivity contribution in [2.75, 3.05) is 6.54 Å². The second-order valence-corrected chi connectivity index (χ2v) is 10.4. The molecule has 2 saturated heterocycles. The minimum absolute atomic E-state index is 0.0498. The summed E-state index contributed by atoms with van der Waals surface area (Å²) in [6.07, 6.45) is -9.20.